The van der Waals surface area contributed by atoms with Crippen LogP contribution in [0.5, 0.6) is 0 Å². The quantitative estimate of drug-likeness (QED) is 0.606. The molecule has 1 aliphatic heterocycles. The third-order valence-corrected chi connectivity index (χ3v) is 1.31. The first-order valence-corrected chi connectivity index (χ1v) is 5.49. The van der Waals surface area contributed by atoms with Gasteiger partial charge in [0.2, 0.25) is 5.91 Å². The Hall–Kier alpha value is -0.420. The van der Waals surface area contributed by atoms with Gasteiger partial charge < -0.3 is 11.1 Å². The molecule has 5 heteroatoms. The molecule has 1 heterocycles. The number of nitrogens with zero attached hydrogens (tertiary/aromatic N) is 1. The zero-order valence-corrected chi connectivity index (χ0v) is 8.82. The highest BCUT2D eigenvalue weighted by molar-refractivity contribution is 7.83. The number of amides is 1. The molecule has 0 bridgehead atoms. The molecule has 0 atom stereocenters. The Balaban J connectivity index is 0. The topological polar surface area (TPSA) is 72.4 Å². The Labute approximate surface area is 76.4 Å². The summed E-state index contributed by atoms with van der Waals surface area (Å²) in [6, 6.07) is 0. The highest BCUT2D eigenvalue weighted by atomic mass is 32.2. The molecule has 0 aromatic rings. The Morgan fingerprint density at radius 3 is 1.92 bits per heavy atom. The summed E-state index contributed by atoms with van der Waals surface area (Å²) in [7, 11) is 1.23. The second-order valence-corrected chi connectivity index (χ2v) is 4.14. The van der Waals surface area contributed by atoms with E-state index in [1.165, 1.54) is 0 Å². The molecule has 3 N–H and O–H groups in total. The van der Waals surface area contributed by atoms with Crippen molar-refractivity contribution in [3.8, 4) is 0 Å². The fourth-order valence-corrected chi connectivity index (χ4v) is 0.783. The van der Waals surface area contributed by atoms with Crippen LogP contribution in [0.25, 0.3) is 0 Å². The van der Waals surface area contributed by atoms with Crippen LogP contribution in [-0.2, 0) is 15.6 Å². The highest BCUT2D eigenvalue weighted by Gasteiger charge is 2.14. The molecule has 12 heavy (non-hydrogen) atoms. The maximum Gasteiger partial charge on any atom is 0.222 e. The van der Waals surface area contributed by atoms with Gasteiger partial charge >= 0.3 is 0 Å². The molecule has 74 valence electrons. The number of carbonyl (C=O) groups excluding carboxylic acids is 1. The van der Waals surface area contributed by atoms with Crippen LogP contribution in [0.1, 0.15) is 12.8 Å². The van der Waals surface area contributed by atoms with Gasteiger partial charge in [0.25, 0.3) is 0 Å². The summed E-state index contributed by atoms with van der Waals surface area (Å²) in [6.45, 7) is 0.957. The van der Waals surface area contributed by atoms with E-state index in [4.69, 9.17) is 0 Å². The monoisotopic (exact) mass is 194 g/mol. The van der Waals surface area contributed by atoms with Gasteiger partial charge in [-0.1, -0.05) is 0 Å². The molecule has 1 amide bonds. The van der Waals surface area contributed by atoms with Gasteiger partial charge in [0, 0.05) is 43.3 Å². The average molecular weight is 194 g/mol. The van der Waals surface area contributed by atoms with Crippen LogP contribution in [0.3, 0.4) is 0 Å². The molecular formula is C7H18N2O2S. The number of carbonyl (C=O) groups is 1. The van der Waals surface area contributed by atoms with Gasteiger partial charge in [-0.3, -0.25) is 9.00 Å². The van der Waals surface area contributed by atoms with E-state index in [0.717, 1.165) is 19.4 Å². The van der Waals surface area contributed by atoms with Crippen LogP contribution >= 0.6 is 0 Å². The molecule has 0 aromatic carbocycles. The van der Waals surface area contributed by atoms with Crippen molar-refractivity contribution in [3.05, 3.63) is 0 Å². The molecule has 0 saturated carbocycles. The smallest absolute Gasteiger partial charge is 0.222 e. The number of rotatable bonds is 0. The molecule has 1 aliphatic rings. The molecule has 1 saturated heterocycles. The molecule has 0 unspecified atom stereocenters. The van der Waals surface area contributed by atoms with Crippen molar-refractivity contribution in [2.45, 2.75) is 12.8 Å². The zero-order valence-electron chi connectivity index (χ0n) is 8.00. The minimum atomic E-state index is -0.611. The summed E-state index contributed by atoms with van der Waals surface area (Å²) >= 11 is 0. The summed E-state index contributed by atoms with van der Waals surface area (Å²) < 4.78 is 9.56. The lowest BCUT2D eigenvalue weighted by Crippen LogP contribution is -2.17. The first-order valence-electron chi connectivity index (χ1n) is 3.53. The first kappa shape index (κ1) is 14.1. The Morgan fingerprint density at radius 1 is 1.42 bits per heavy atom. The van der Waals surface area contributed by atoms with E-state index in [2.05, 4.69) is 0 Å². The van der Waals surface area contributed by atoms with Crippen LogP contribution < -0.4 is 6.15 Å². The first-order chi connectivity index (χ1) is 5.04. The number of hydrogen-bond donors (Lipinski definition) is 1. The van der Waals surface area contributed by atoms with Crippen molar-refractivity contribution >= 4 is 16.7 Å². The summed E-state index contributed by atoms with van der Waals surface area (Å²) in [5, 5.41) is 0. The number of likely N-dealkylation sites (tertiary alicyclic amines) is 1. The molecule has 0 aliphatic carbocycles. The second-order valence-electron chi connectivity index (χ2n) is 2.66. The van der Waals surface area contributed by atoms with Gasteiger partial charge in [-0.2, -0.15) is 0 Å². The SMILES string of the molecule is CN1CCCC1=O.CS(C)=O.N. The molecule has 1 fully saturated rings. The summed E-state index contributed by atoms with van der Waals surface area (Å²) in [4.78, 5) is 12.3. The third-order valence-electron chi connectivity index (χ3n) is 1.31. The summed E-state index contributed by atoms with van der Waals surface area (Å²) in [5.74, 6) is 0.292. The maximum atomic E-state index is 10.5. The lowest BCUT2D eigenvalue weighted by Gasteiger charge is -2.03. The van der Waals surface area contributed by atoms with E-state index in [9.17, 15) is 9.00 Å². The molecule has 1 rings (SSSR count). The molecule has 4 nitrogen and oxygen atoms in total. The van der Waals surface area contributed by atoms with Crippen LogP contribution in [0, 0.1) is 0 Å². The molecule has 0 spiro atoms. The van der Waals surface area contributed by atoms with Crippen LogP contribution in [0.15, 0.2) is 0 Å². The van der Waals surface area contributed by atoms with Gasteiger partial charge in [0.05, 0.1) is 0 Å². The lowest BCUT2D eigenvalue weighted by atomic mass is 10.4. The van der Waals surface area contributed by atoms with E-state index in [1.54, 1.807) is 17.4 Å². The van der Waals surface area contributed by atoms with Gasteiger partial charge in [-0.25, -0.2) is 0 Å². The predicted molar refractivity (Wildman–Crippen MR) is 51.9 cm³/mol. The van der Waals surface area contributed by atoms with Gasteiger partial charge in [0.1, 0.15) is 0 Å². The van der Waals surface area contributed by atoms with E-state index in [0.29, 0.717) is 5.91 Å². The van der Waals surface area contributed by atoms with E-state index >= 15 is 0 Å². The largest absolute Gasteiger partial charge is 0.346 e. The Morgan fingerprint density at radius 2 is 1.83 bits per heavy atom. The van der Waals surface area contributed by atoms with Crippen molar-refractivity contribution in [1.29, 1.82) is 0 Å². The molecule has 0 aromatic heterocycles. The molecule has 0 radical (unpaired) electrons. The van der Waals surface area contributed by atoms with E-state index in [1.807, 2.05) is 7.05 Å². The minimum Gasteiger partial charge on any atom is -0.346 e. The standard InChI is InChI=1S/C5H9NO.C2H6OS.H3N/c1-6-4-2-3-5(6)7;1-4(2)3;/h2-4H2,1H3;1-2H3;1H3. The zero-order chi connectivity index (χ0) is 8.85. The molecular weight excluding hydrogens is 176 g/mol. The second kappa shape index (κ2) is 7.24. The van der Waals surface area contributed by atoms with Crippen molar-refractivity contribution in [1.82, 2.24) is 11.1 Å². The normalized spacial score (nSPS) is 15.3. The van der Waals surface area contributed by atoms with Crippen LogP contribution in [0.4, 0.5) is 0 Å². The van der Waals surface area contributed by atoms with Gasteiger partial charge in [-0.05, 0) is 6.42 Å². The maximum absolute atomic E-state index is 10.5. The van der Waals surface area contributed by atoms with Gasteiger partial charge in [-0.15, -0.1) is 0 Å². The summed E-state index contributed by atoms with van der Waals surface area (Å²) in [6.07, 6.45) is 5.09. The summed E-state index contributed by atoms with van der Waals surface area (Å²) in [5.41, 5.74) is 0. The number of hydrogen-bond acceptors (Lipinski definition) is 3. The van der Waals surface area contributed by atoms with Crippen LogP contribution in [-0.4, -0.2) is 41.1 Å². The minimum absolute atomic E-state index is 0. The highest BCUT2D eigenvalue weighted by Crippen LogP contribution is 2.04. The van der Waals surface area contributed by atoms with Crippen molar-refractivity contribution in [2.24, 2.45) is 0 Å². The van der Waals surface area contributed by atoms with Crippen molar-refractivity contribution in [2.75, 3.05) is 26.1 Å². The predicted octanol–water partition coefficient (Wildman–Crippen LogP) is 0.395. The Kier molecular flexibility index (Phi) is 8.52. The van der Waals surface area contributed by atoms with Gasteiger partial charge in [0.15, 0.2) is 0 Å². The van der Waals surface area contributed by atoms with E-state index in [-0.39, 0.29) is 6.15 Å². The van der Waals surface area contributed by atoms with Crippen LogP contribution in [0.2, 0.25) is 0 Å². The average Bonchev–Trinajstić information content (AvgIpc) is 2.15. The van der Waals surface area contributed by atoms with Crippen molar-refractivity contribution in [3.63, 3.8) is 0 Å². The third kappa shape index (κ3) is 7.68. The lowest BCUT2D eigenvalue weighted by molar-refractivity contribution is -0.126. The Bertz CT molecular complexity index is 157. The fourth-order valence-electron chi connectivity index (χ4n) is 0.783. The van der Waals surface area contributed by atoms with E-state index < -0.39 is 10.8 Å². The van der Waals surface area contributed by atoms with Crippen molar-refractivity contribution < 1.29 is 9.00 Å². The fraction of sp³-hybridized carbons (Fsp3) is 0.857.